The summed E-state index contributed by atoms with van der Waals surface area (Å²) in [5, 5.41) is 8.78. The summed E-state index contributed by atoms with van der Waals surface area (Å²) in [5.74, 6) is 0.887. The van der Waals surface area contributed by atoms with E-state index in [-0.39, 0.29) is 0 Å². The minimum absolute atomic E-state index is 0.374. The molecule has 0 unspecified atom stereocenters. The largest absolute Gasteiger partial charge is 0.421 e. The summed E-state index contributed by atoms with van der Waals surface area (Å²) in [6.45, 7) is 4.10. The second-order valence-corrected chi connectivity index (χ2v) is 6.13. The minimum Gasteiger partial charge on any atom is -0.421 e. The van der Waals surface area contributed by atoms with Crippen LogP contribution < -0.4 is 0 Å². The molecule has 3 aromatic rings. The summed E-state index contributed by atoms with van der Waals surface area (Å²) in [6.07, 6.45) is 2.36. The lowest BCUT2D eigenvalue weighted by molar-refractivity contribution is 0.318. The van der Waals surface area contributed by atoms with Crippen molar-refractivity contribution in [2.24, 2.45) is 0 Å². The summed E-state index contributed by atoms with van der Waals surface area (Å²) in [7, 11) is 2.15. The third-order valence-corrected chi connectivity index (χ3v) is 4.73. The van der Waals surface area contributed by atoms with E-state index in [1.54, 1.807) is 11.3 Å². The number of aryl methyl sites for hydroxylation is 1. The molecule has 0 spiro atoms. The number of thiophene rings is 1. The fourth-order valence-corrected chi connectivity index (χ4v) is 4.02. The van der Waals surface area contributed by atoms with Gasteiger partial charge in [-0.15, -0.1) is 21.5 Å². The van der Waals surface area contributed by atoms with Crippen molar-refractivity contribution in [3.05, 3.63) is 22.5 Å². The summed E-state index contributed by atoms with van der Waals surface area (Å²) in [6, 6.07) is 0. The SMILES string of the molecule is Cc1nc(-c2nnco2)nc2sc3c(c12)CCN(C)C3. The van der Waals surface area contributed by atoms with Crippen molar-refractivity contribution in [3.8, 4) is 11.7 Å². The highest BCUT2D eigenvalue weighted by atomic mass is 32.1. The predicted octanol–water partition coefficient (Wildman–Crippen LogP) is 2.04. The Bertz CT molecular complexity index is 780. The zero-order valence-electron chi connectivity index (χ0n) is 11.3. The van der Waals surface area contributed by atoms with Crippen LogP contribution in [0.4, 0.5) is 0 Å². The molecule has 3 aromatic heterocycles. The molecule has 1 aliphatic rings. The molecule has 0 atom stereocenters. The molecule has 0 saturated carbocycles. The van der Waals surface area contributed by atoms with Crippen LogP contribution in [0.15, 0.2) is 10.8 Å². The molecule has 20 heavy (non-hydrogen) atoms. The highest BCUT2D eigenvalue weighted by Gasteiger charge is 2.22. The fourth-order valence-electron chi connectivity index (χ4n) is 2.67. The van der Waals surface area contributed by atoms with Crippen molar-refractivity contribution in [2.45, 2.75) is 19.9 Å². The molecule has 0 amide bonds. The summed E-state index contributed by atoms with van der Waals surface area (Å²) < 4.78 is 5.19. The summed E-state index contributed by atoms with van der Waals surface area (Å²) in [5.41, 5.74) is 2.41. The molecule has 0 radical (unpaired) electrons. The van der Waals surface area contributed by atoms with E-state index in [0.29, 0.717) is 11.7 Å². The second kappa shape index (κ2) is 4.32. The van der Waals surface area contributed by atoms with Crippen molar-refractivity contribution in [1.29, 1.82) is 0 Å². The maximum absolute atomic E-state index is 5.19. The molecule has 1 aliphatic heterocycles. The van der Waals surface area contributed by atoms with Crippen molar-refractivity contribution in [2.75, 3.05) is 13.6 Å². The first-order valence-electron chi connectivity index (χ1n) is 6.46. The first-order valence-corrected chi connectivity index (χ1v) is 7.28. The Morgan fingerprint density at radius 2 is 2.25 bits per heavy atom. The molecule has 4 heterocycles. The van der Waals surface area contributed by atoms with Crippen LogP contribution in [0, 0.1) is 6.92 Å². The maximum Gasteiger partial charge on any atom is 0.285 e. The van der Waals surface area contributed by atoms with E-state index in [0.717, 1.165) is 30.0 Å². The number of fused-ring (bicyclic) bond motifs is 3. The van der Waals surface area contributed by atoms with Gasteiger partial charge >= 0.3 is 0 Å². The van der Waals surface area contributed by atoms with Crippen molar-refractivity contribution < 1.29 is 4.42 Å². The average Bonchev–Trinajstić information content (AvgIpc) is 3.04. The van der Waals surface area contributed by atoms with Crippen LogP contribution in [0.25, 0.3) is 21.9 Å². The molecule has 0 saturated heterocycles. The molecule has 0 aromatic carbocycles. The highest BCUT2D eigenvalue weighted by molar-refractivity contribution is 7.18. The Kier molecular flexibility index (Phi) is 2.58. The lowest BCUT2D eigenvalue weighted by Crippen LogP contribution is -2.25. The Morgan fingerprint density at radius 1 is 1.35 bits per heavy atom. The highest BCUT2D eigenvalue weighted by Crippen LogP contribution is 2.36. The zero-order valence-corrected chi connectivity index (χ0v) is 12.1. The second-order valence-electron chi connectivity index (χ2n) is 5.05. The summed E-state index contributed by atoms with van der Waals surface area (Å²) in [4.78, 5) is 13.9. The van der Waals surface area contributed by atoms with Crippen LogP contribution >= 0.6 is 11.3 Å². The molecule has 0 aliphatic carbocycles. The lowest BCUT2D eigenvalue weighted by Gasteiger charge is -2.22. The van der Waals surface area contributed by atoms with Crippen LogP contribution in [0.5, 0.6) is 0 Å². The first-order chi connectivity index (χ1) is 9.72. The molecular weight excluding hydrogens is 274 g/mol. The van der Waals surface area contributed by atoms with Gasteiger partial charge in [0, 0.05) is 23.4 Å². The van der Waals surface area contributed by atoms with E-state index in [1.807, 2.05) is 6.92 Å². The van der Waals surface area contributed by atoms with Gasteiger partial charge in [0.2, 0.25) is 12.2 Å². The Labute approximate surface area is 119 Å². The summed E-state index contributed by atoms with van der Waals surface area (Å²) >= 11 is 1.75. The molecule has 0 bridgehead atoms. The third-order valence-electron chi connectivity index (χ3n) is 3.62. The number of aromatic nitrogens is 4. The van der Waals surface area contributed by atoms with Gasteiger partial charge < -0.3 is 9.32 Å². The number of likely N-dealkylation sites (N-methyl/N-ethyl adjacent to an activating group) is 1. The number of hydrogen-bond donors (Lipinski definition) is 0. The Morgan fingerprint density at radius 3 is 3.05 bits per heavy atom. The normalized spacial score (nSPS) is 15.7. The van der Waals surface area contributed by atoms with Crippen LogP contribution in [-0.2, 0) is 13.0 Å². The Balaban J connectivity index is 1.93. The molecule has 102 valence electrons. The lowest BCUT2D eigenvalue weighted by atomic mass is 10.0. The number of nitrogens with zero attached hydrogens (tertiary/aromatic N) is 5. The average molecular weight is 287 g/mol. The van der Waals surface area contributed by atoms with Gasteiger partial charge in [0.05, 0.1) is 5.69 Å². The molecule has 0 N–H and O–H groups in total. The molecule has 4 rings (SSSR count). The molecule has 7 heteroatoms. The van der Waals surface area contributed by atoms with E-state index >= 15 is 0 Å². The minimum atomic E-state index is 0.374. The predicted molar refractivity (Wildman–Crippen MR) is 75.5 cm³/mol. The van der Waals surface area contributed by atoms with Gasteiger partial charge in [0.25, 0.3) is 5.89 Å². The Hall–Kier alpha value is -1.86. The van der Waals surface area contributed by atoms with Crippen molar-refractivity contribution >= 4 is 21.6 Å². The standard InChI is InChI=1S/C13H13N5OS/c1-7-10-8-3-4-18(2)5-9(8)20-13(10)16-11(15-7)12-17-14-6-19-12/h6H,3-5H2,1-2H3. The van der Waals surface area contributed by atoms with Gasteiger partial charge in [-0.25, -0.2) is 9.97 Å². The fraction of sp³-hybridized carbons (Fsp3) is 0.385. The van der Waals surface area contributed by atoms with Gasteiger partial charge in [-0.05, 0) is 26.0 Å². The van der Waals surface area contributed by atoms with Crippen LogP contribution in [0.1, 0.15) is 16.1 Å². The van der Waals surface area contributed by atoms with E-state index in [9.17, 15) is 0 Å². The topological polar surface area (TPSA) is 67.9 Å². The van der Waals surface area contributed by atoms with Crippen LogP contribution in [0.2, 0.25) is 0 Å². The number of hydrogen-bond acceptors (Lipinski definition) is 7. The maximum atomic E-state index is 5.19. The quantitative estimate of drug-likeness (QED) is 0.682. The van der Waals surface area contributed by atoms with Gasteiger partial charge in [0.1, 0.15) is 4.83 Å². The van der Waals surface area contributed by atoms with Crippen LogP contribution in [0.3, 0.4) is 0 Å². The van der Waals surface area contributed by atoms with Crippen molar-refractivity contribution in [3.63, 3.8) is 0 Å². The molecule has 0 fully saturated rings. The van der Waals surface area contributed by atoms with Gasteiger partial charge in [-0.2, -0.15) is 0 Å². The third kappa shape index (κ3) is 1.74. The van der Waals surface area contributed by atoms with Gasteiger partial charge in [0.15, 0.2) is 0 Å². The molecule has 6 nitrogen and oxygen atoms in total. The van der Waals surface area contributed by atoms with Gasteiger partial charge in [-0.3, -0.25) is 0 Å². The zero-order chi connectivity index (χ0) is 13.7. The van der Waals surface area contributed by atoms with Crippen LogP contribution in [-0.4, -0.2) is 38.7 Å². The van der Waals surface area contributed by atoms with E-state index in [4.69, 9.17) is 4.42 Å². The first kappa shape index (κ1) is 11.9. The van der Waals surface area contributed by atoms with Crippen molar-refractivity contribution in [1.82, 2.24) is 25.1 Å². The number of rotatable bonds is 1. The monoisotopic (exact) mass is 287 g/mol. The van der Waals surface area contributed by atoms with E-state index in [1.165, 1.54) is 22.2 Å². The molecular formula is C13H13N5OS. The van der Waals surface area contributed by atoms with E-state index in [2.05, 4.69) is 32.1 Å². The smallest absolute Gasteiger partial charge is 0.285 e. The van der Waals surface area contributed by atoms with Gasteiger partial charge in [-0.1, -0.05) is 0 Å². The van der Waals surface area contributed by atoms with E-state index < -0.39 is 0 Å².